The van der Waals surface area contributed by atoms with E-state index in [4.69, 9.17) is 14.2 Å². The van der Waals surface area contributed by atoms with Gasteiger partial charge in [0.2, 0.25) is 0 Å². The van der Waals surface area contributed by atoms with Crippen LogP contribution in [0.4, 0.5) is 51.2 Å². The minimum Gasteiger partial charge on any atom is -0.497 e. The van der Waals surface area contributed by atoms with Gasteiger partial charge in [0, 0.05) is 67.6 Å². The summed E-state index contributed by atoms with van der Waals surface area (Å²) in [4.78, 5) is 6.99. The van der Waals surface area contributed by atoms with Gasteiger partial charge >= 0.3 is 0 Å². The topological polar surface area (TPSA) is 42.3 Å². The molecule has 13 rings (SSSR count). The zero-order chi connectivity index (χ0) is 51.1. The largest absolute Gasteiger partial charge is 0.497 e. The Morgan fingerprint density at radius 2 is 0.513 bits per heavy atom. The number of hydrogen-bond acceptors (Lipinski definition) is 6. The summed E-state index contributed by atoms with van der Waals surface area (Å²) in [5, 5.41) is 9.32. The molecule has 366 valence electrons. The molecule has 1 heterocycles. The molecular formula is C69H52N4O3. The molecule has 0 fully saturated rings. The molecule has 0 saturated carbocycles. The van der Waals surface area contributed by atoms with E-state index >= 15 is 0 Å². The summed E-state index contributed by atoms with van der Waals surface area (Å²) < 4.78 is 19.3. The van der Waals surface area contributed by atoms with Gasteiger partial charge in [0.25, 0.3) is 0 Å². The molecule has 13 aromatic rings. The molecule has 0 aliphatic rings. The Morgan fingerprint density at radius 1 is 0.250 bits per heavy atom. The lowest BCUT2D eigenvalue weighted by Crippen LogP contribution is -2.10. The molecule has 7 heteroatoms. The van der Waals surface area contributed by atoms with Crippen LogP contribution in [0.3, 0.4) is 0 Å². The van der Waals surface area contributed by atoms with Crippen LogP contribution in [0.5, 0.6) is 17.2 Å². The van der Waals surface area contributed by atoms with Crippen molar-refractivity contribution in [1.82, 2.24) is 4.57 Å². The van der Waals surface area contributed by atoms with Crippen LogP contribution >= 0.6 is 0 Å². The highest BCUT2D eigenvalue weighted by Crippen LogP contribution is 2.45. The Morgan fingerprint density at radius 3 is 0.842 bits per heavy atom. The van der Waals surface area contributed by atoms with E-state index < -0.39 is 0 Å². The second-order valence-corrected chi connectivity index (χ2v) is 18.9. The Kier molecular flexibility index (Phi) is 11.7. The number of hydrogen-bond donors (Lipinski definition) is 0. The van der Waals surface area contributed by atoms with Crippen LogP contribution in [-0.4, -0.2) is 25.9 Å². The minimum atomic E-state index is 0.802. The van der Waals surface area contributed by atoms with Crippen molar-refractivity contribution in [3.05, 3.63) is 261 Å². The molecule has 0 N–H and O–H groups in total. The van der Waals surface area contributed by atoms with Gasteiger partial charge in [-0.3, -0.25) is 0 Å². The lowest BCUT2D eigenvalue weighted by molar-refractivity contribution is 0.414. The zero-order valence-corrected chi connectivity index (χ0v) is 42.3. The van der Waals surface area contributed by atoms with E-state index in [0.29, 0.717) is 0 Å². The number of ether oxygens (including phenoxy) is 3. The van der Waals surface area contributed by atoms with Gasteiger partial charge in [0.15, 0.2) is 0 Å². The molecule has 0 amide bonds. The van der Waals surface area contributed by atoms with Crippen LogP contribution in [0.25, 0.3) is 59.8 Å². The summed E-state index contributed by atoms with van der Waals surface area (Å²) in [5.41, 5.74) is 12.5. The van der Waals surface area contributed by atoms with Crippen LogP contribution in [-0.2, 0) is 0 Å². The summed E-state index contributed by atoms with van der Waals surface area (Å²) in [7, 11) is 5.12. The maximum Gasteiger partial charge on any atom is 0.119 e. The first-order valence-electron chi connectivity index (χ1n) is 25.5. The van der Waals surface area contributed by atoms with Gasteiger partial charge in [-0.25, -0.2) is 0 Å². The molecule has 0 saturated heterocycles. The van der Waals surface area contributed by atoms with Crippen molar-refractivity contribution in [2.45, 2.75) is 0 Å². The van der Waals surface area contributed by atoms with E-state index in [1.807, 2.05) is 36.4 Å². The molecule has 0 radical (unpaired) electrons. The number of aromatic nitrogens is 1. The van der Waals surface area contributed by atoms with Crippen LogP contribution in [0.1, 0.15) is 0 Å². The maximum absolute atomic E-state index is 5.65. The fourth-order valence-electron chi connectivity index (χ4n) is 10.8. The van der Waals surface area contributed by atoms with E-state index in [1.165, 1.54) is 32.3 Å². The number of rotatable bonds is 13. The first-order chi connectivity index (χ1) is 37.5. The number of methoxy groups -OCH3 is 3. The van der Waals surface area contributed by atoms with Gasteiger partial charge in [-0.15, -0.1) is 0 Å². The lowest BCUT2D eigenvalue weighted by Gasteiger charge is -2.26. The van der Waals surface area contributed by atoms with Gasteiger partial charge in [-0.05, 0) is 202 Å². The predicted molar refractivity (Wildman–Crippen MR) is 317 cm³/mol. The fourth-order valence-corrected chi connectivity index (χ4v) is 10.8. The molecular weight excluding hydrogens is 933 g/mol. The monoisotopic (exact) mass is 984 g/mol. The molecule has 7 nitrogen and oxygen atoms in total. The van der Waals surface area contributed by atoms with E-state index in [2.05, 4.69) is 244 Å². The van der Waals surface area contributed by atoms with Crippen LogP contribution in [0, 0.1) is 0 Å². The first-order valence-corrected chi connectivity index (χ1v) is 25.5. The Bertz CT molecular complexity index is 4060. The van der Waals surface area contributed by atoms with Gasteiger partial charge < -0.3 is 33.5 Å². The highest BCUT2D eigenvalue weighted by Gasteiger charge is 2.22. The van der Waals surface area contributed by atoms with Crippen LogP contribution in [0.15, 0.2) is 261 Å². The Hall–Kier alpha value is -9.98. The molecule has 0 bridgehead atoms. The van der Waals surface area contributed by atoms with Gasteiger partial charge in [0.05, 0.1) is 32.4 Å². The van der Waals surface area contributed by atoms with Gasteiger partial charge in [-0.1, -0.05) is 91.0 Å². The van der Waals surface area contributed by atoms with Crippen molar-refractivity contribution in [2.75, 3.05) is 36.0 Å². The summed E-state index contributed by atoms with van der Waals surface area (Å²) in [6.07, 6.45) is 0. The van der Waals surface area contributed by atoms with Crippen molar-refractivity contribution >= 4 is 105 Å². The van der Waals surface area contributed by atoms with Crippen LogP contribution in [0.2, 0.25) is 0 Å². The molecule has 76 heavy (non-hydrogen) atoms. The van der Waals surface area contributed by atoms with Crippen molar-refractivity contribution in [3.8, 4) is 22.9 Å². The van der Waals surface area contributed by atoms with Crippen molar-refractivity contribution in [3.63, 3.8) is 0 Å². The van der Waals surface area contributed by atoms with E-state index in [1.54, 1.807) is 21.3 Å². The third kappa shape index (κ3) is 8.40. The second kappa shape index (κ2) is 19.5. The molecule has 0 aliphatic heterocycles. The molecule has 0 atom stereocenters. The summed E-state index contributed by atoms with van der Waals surface area (Å²) in [6, 6.07) is 93.2. The molecule has 12 aromatic carbocycles. The number of benzene rings is 12. The van der Waals surface area contributed by atoms with Crippen molar-refractivity contribution in [2.24, 2.45) is 0 Å². The van der Waals surface area contributed by atoms with Crippen LogP contribution < -0.4 is 28.9 Å². The minimum absolute atomic E-state index is 0.802. The third-order valence-corrected chi connectivity index (χ3v) is 14.6. The summed E-state index contributed by atoms with van der Waals surface area (Å²) in [5.74, 6) is 2.41. The molecule has 0 spiro atoms. The molecule has 1 aromatic heterocycles. The zero-order valence-electron chi connectivity index (χ0n) is 42.3. The highest BCUT2D eigenvalue weighted by molar-refractivity contribution is 6.12. The summed E-state index contributed by atoms with van der Waals surface area (Å²) >= 11 is 0. The lowest BCUT2D eigenvalue weighted by atomic mass is 10.1. The van der Waals surface area contributed by atoms with Crippen molar-refractivity contribution in [1.29, 1.82) is 0 Å². The standard InChI is InChI=1S/C69H52N4O3/c1-74-63-34-26-54(27-35-63)70(58-19-16-47-10-4-7-13-50(47)42-58)53-22-24-57(25-23-53)73-68-40-32-61(71(55-28-36-64(75-2)37-29-55)59-20-17-48-11-5-8-14-51(48)43-59)45-66(68)67-46-62(33-41-69(67)73)72(56-30-38-65(76-3)39-31-56)60-21-18-49-12-6-9-15-52(49)44-60/h4-46H,1-3H3. The normalized spacial score (nSPS) is 11.4. The Balaban J connectivity index is 1.01. The van der Waals surface area contributed by atoms with Gasteiger partial charge in [-0.2, -0.15) is 0 Å². The van der Waals surface area contributed by atoms with Gasteiger partial charge in [0.1, 0.15) is 17.2 Å². The predicted octanol–water partition coefficient (Wildman–Crippen LogP) is 18.7. The SMILES string of the molecule is COc1ccc(N(c2ccc(-n3c4ccc(N(c5ccc(OC)cc5)c5ccc6ccccc6c5)cc4c4cc(N(c5ccc(OC)cc5)c5ccc6ccccc6c5)ccc43)cc2)c2ccc3ccccc3c2)cc1. The average Bonchev–Trinajstić information content (AvgIpc) is 3.86. The first kappa shape index (κ1) is 45.9. The molecule has 0 unspecified atom stereocenters. The number of anilines is 9. The Labute approximate surface area is 441 Å². The fraction of sp³-hybridized carbons (Fsp3) is 0.0435. The van der Waals surface area contributed by atoms with Crippen molar-refractivity contribution < 1.29 is 14.2 Å². The second-order valence-electron chi connectivity index (χ2n) is 18.9. The van der Waals surface area contributed by atoms with E-state index in [-0.39, 0.29) is 0 Å². The maximum atomic E-state index is 5.65. The average molecular weight is 985 g/mol. The third-order valence-electron chi connectivity index (χ3n) is 14.6. The summed E-state index contributed by atoms with van der Waals surface area (Å²) in [6.45, 7) is 0. The van der Waals surface area contributed by atoms with E-state index in [9.17, 15) is 0 Å². The smallest absolute Gasteiger partial charge is 0.119 e. The van der Waals surface area contributed by atoms with E-state index in [0.717, 1.165) is 95.9 Å². The highest BCUT2D eigenvalue weighted by atomic mass is 16.5. The number of fused-ring (bicyclic) bond motifs is 6. The number of nitrogens with zero attached hydrogens (tertiary/aromatic N) is 4. The molecule has 0 aliphatic carbocycles. The quantitative estimate of drug-likeness (QED) is 0.115.